The molecule has 0 aliphatic rings. The van der Waals surface area contributed by atoms with Crippen molar-refractivity contribution in [2.24, 2.45) is 0 Å². The third-order valence-corrected chi connectivity index (χ3v) is 3.26. The minimum absolute atomic E-state index is 0. The van der Waals surface area contributed by atoms with Crippen molar-refractivity contribution in [1.29, 1.82) is 0 Å². The van der Waals surface area contributed by atoms with Gasteiger partial charge in [-0.15, -0.1) is 0 Å². The predicted molar refractivity (Wildman–Crippen MR) is 87.5 cm³/mol. The maximum Gasteiger partial charge on any atom is 3.00 e. The number of carboxylic acid groups (broad SMARTS) is 5. The van der Waals surface area contributed by atoms with E-state index in [2.05, 4.69) is 0 Å². The van der Waals surface area contributed by atoms with Crippen LogP contribution in [-0.4, -0.2) is 129 Å². The first-order chi connectivity index (χ1) is 12.5. The van der Waals surface area contributed by atoms with Crippen LogP contribution in [0, 0.1) is 36.9 Å². The summed E-state index contributed by atoms with van der Waals surface area (Å²) in [7, 11) is 0. The molecule has 0 atom stereocenters. The van der Waals surface area contributed by atoms with Crippen molar-refractivity contribution >= 4 is 29.8 Å². The first-order valence-corrected chi connectivity index (χ1v) is 7.75. The van der Waals surface area contributed by atoms with E-state index in [0.717, 1.165) is 9.80 Å². The van der Waals surface area contributed by atoms with Crippen LogP contribution in [0.5, 0.6) is 0 Å². The number of carboxylic acids is 5. The molecule has 0 aliphatic heterocycles. The third-order valence-electron chi connectivity index (χ3n) is 3.26. The van der Waals surface area contributed by atoms with E-state index in [-0.39, 0.29) is 63.1 Å². The van der Waals surface area contributed by atoms with Crippen molar-refractivity contribution < 1.29 is 86.4 Å². The van der Waals surface area contributed by atoms with Gasteiger partial charge in [-0.05, 0) is 0 Å². The molecule has 0 amide bonds. The Bertz CT molecular complexity index is 487. The van der Waals surface area contributed by atoms with E-state index < -0.39 is 62.6 Å². The normalized spacial score (nSPS) is 10.7. The van der Waals surface area contributed by atoms with Crippen molar-refractivity contribution in [1.82, 2.24) is 14.7 Å². The van der Waals surface area contributed by atoms with Gasteiger partial charge in [0.1, 0.15) is 0 Å². The van der Waals surface area contributed by atoms with Gasteiger partial charge in [0.05, 0.1) is 32.7 Å². The largest absolute Gasteiger partial charge is 3.00 e. The van der Waals surface area contributed by atoms with Crippen molar-refractivity contribution in [3.8, 4) is 0 Å². The van der Waals surface area contributed by atoms with E-state index >= 15 is 0 Å². The molecule has 0 aliphatic carbocycles. The van der Waals surface area contributed by atoms with Gasteiger partial charge in [0, 0.05) is 26.2 Å². The van der Waals surface area contributed by atoms with Crippen LogP contribution in [0.15, 0.2) is 0 Å². The molecule has 14 heteroatoms. The van der Waals surface area contributed by atoms with Crippen LogP contribution in [0.3, 0.4) is 0 Å². The number of rotatable bonds is 16. The van der Waals surface area contributed by atoms with E-state index in [4.69, 9.17) is 25.5 Å². The van der Waals surface area contributed by atoms with Gasteiger partial charge in [0.15, 0.2) is 0 Å². The molecular formula is C14H23LuN3O10+3. The second-order valence-electron chi connectivity index (χ2n) is 5.67. The molecule has 0 fully saturated rings. The number of nitrogens with zero attached hydrogens (tertiary/aromatic N) is 3. The molecule has 0 heterocycles. The molecule has 0 saturated heterocycles. The molecule has 13 nitrogen and oxygen atoms in total. The Hall–Kier alpha value is -1.54. The van der Waals surface area contributed by atoms with E-state index in [9.17, 15) is 24.0 Å². The summed E-state index contributed by atoms with van der Waals surface area (Å²) in [6.45, 7) is -2.74. The number of aliphatic carboxylic acids is 5. The Labute approximate surface area is 189 Å². The van der Waals surface area contributed by atoms with Gasteiger partial charge >= 0.3 is 66.7 Å². The second kappa shape index (κ2) is 15.4. The van der Waals surface area contributed by atoms with Crippen molar-refractivity contribution in [2.75, 3.05) is 58.9 Å². The first kappa shape index (κ1) is 28.7. The fourth-order valence-corrected chi connectivity index (χ4v) is 2.22. The van der Waals surface area contributed by atoms with Crippen molar-refractivity contribution in [3.63, 3.8) is 0 Å². The molecule has 0 aromatic heterocycles. The van der Waals surface area contributed by atoms with E-state index in [1.54, 1.807) is 0 Å². The molecule has 0 bridgehead atoms. The summed E-state index contributed by atoms with van der Waals surface area (Å²) in [5, 5.41) is 44.1. The zero-order valence-electron chi connectivity index (χ0n) is 14.7. The SMILES string of the molecule is O=C(O)CN(CCN(CC(=O)O)CC(=O)O)CCN(CC(=O)O)CC(=O)O.[Lu+3]. The minimum Gasteiger partial charge on any atom is -0.480 e. The molecule has 0 radical (unpaired) electrons. The van der Waals surface area contributed by atoms with Gasteiger partial charge < -0.3 is 25.5 Å². The zero-order valence-corrected chi connectivity index (χ0v) is 16.4. The van der Waals surface area contributed by atoms with E-state index in [0.29, 0.717) is 0 Å². The molecule has 0 rings (SSSR count). The predicted octanol–water partition coefficient (Wildman–Crippen LogP) is -2.68. The Morgan fingerprint density at radius 1 is 0.429 bits per heavy atom. The van der Waals surface area contributed by atoms with E-state index in [1.807, 2.05) is 0 Å². The molecule has 0 saturated carbocycles. The second-order valence-corrected chi connectivity index (χ2v) is 5.67. The molecule has 28 heavy (non-hydrogen) atoms. The van der Waals surface area contributed by atoms with Crippen LogP contribution in [0.25, 0.3) is 0 Å². The number of hydrogen-bond acceptors (Lipinski definition) is 8. The Morgan fingerprint density at radius 2 is 0.607 bits per heavy atom. The van der Waals surface area contributed by atoms with Crippen LogP contribution >= 0.6 is 0 Å². The van der Waals surface area contributed by atoms with Crippen molar-refractivity contribution in [3.05, 3.63) is 0 Å². The summed E-state index contributed by atoms with van der Waals surface area (Å²) >= 11 is 0. The maximum absolute atomic E-state index is 11.0. The molecule has 0 aromatic rings. The van der Waals surface area contributed by atoms with Crippen LogP contribution in [0.4, 0.5) is 0 Å². The molecule has 166 valence electrons. The summed E-state index contributed by atoms with van der Waals surface area (Å²) in [5.74, 6) is -6.16. The van der Waals surface area contributed by atoms with Gasteiger partial charge in [0.2, 0.25) is 0 Å². The number of hydrogen-bond donors (Lipinski definition) is 5. The van der Waals surface area contributed by atoms with Crippen LogP contribution in [0.2, 0.25) is 0 Å². The van der Waals surface area contributed by atoms with Gasteiger partial charge in [-0.25, -0.2) is 0 Å². The zero-order chi connectivity index (χ0) is 21.0. The summed E-state index contributed by atoms with van der Waals surface area (Å²) in [6.07, 6.45) is 0. The average molecular weight is 568 g/mol. The van der Waals surface area contributed by atoms with Crippen LogP contribution in [0.1, 0.15) is 0 Å². The fraction of sp³-hybridized carbons (Fsp3) is 0.643. The molecule has 0 spiro atoms. The maximum atomic E-state index is 11.0. The summed E-state index contributed by atoms with van der Waals surface area (Å²) in [6, 6.07) is 0. The van der Waals surface area contributed by atoms with Crippen LogP contribution < -0.4 is 0 Å². The first-order valence-electron chi connectivity index (χ1n) is 7.75. The Balaban J connectivity index is 0. The molecule has 5 N–H and O–H groups in total. The van der Waals surface area contributed by atoms with Gasteiger partial charge in [-0.2, -0.15) is 0 Å². The standard InChI is InChI=1S/C14H23N3O10.Lu/c18-10(19)5-15(1-3-16(6-11(20)21)7-12(22)23)2-4-17(8-13(24)25)9-14(26)27;/h1-9H2,(H,18,19)(H,20,21)(H,22,23)(H,24,25)(H,26,27);/q;+3. The minimum atomic E-state index is -1.24. The average Bonchev–Trinajstić information content (AvgIpc) is 2.46. The Kier molecular flexibility index (Phi) is 15.8. The fourth-order valence-electron chi connectivity index (χ4n) is 2.22. The summed E-state index contributed by atoms with van der Waals surface area (Å²) in [5.41, 5.74) is 0. The quantitative estimate of drug-likeness (QED) is 0.129. The van der Waals surface area contributed by atoms with Gasteiger partial charge in [-0.3, -0.25) is 38.7 Å². The smallest absolute Gasteiger partial charge is 0.480 e. The molecular weight excluding hydrogens is 545 g/mol. The van der Waals surface area contributed by atoms with Crippen molar-refractivity contribution in [2.45, 2.75) is 0 Å². The summed E-state index contributed by atoms with van der Waals surface area (Å²) < 4.78 is 0. The molecule has 0 aromatic carbocycles. The van der Waals surface area contributed by atoms with Crippen LogP contribution in [-0.2, 0) is 24.0 Å². The Morgan fingerprint density at radius 3 is 0.821 bits per heavy atom. The topological polar surface area (TPSA) is 196 Å². The van der Waals surface area contributed by atoms with Gasteiger partial charge in [-0.1, -0.05) is 0 Å². The van der Waals surface area contributed by atoms with Gasteiger partial charge in [0.25, 0.3) is 0 Å². The monoisotopic (exact) mass is 568 g/mol. The summed E-state index contributed by atoms with van der Waals surface area (Å²) in [4.78, 5) is 57.6. The van der Waals surface area contributed by atoms with E-state index in [1.165, 1.54) is 4.90 Å². The molecule has 0 unspecified atom stereocenters. The number of carbonyl (C=O) groups is 5. The third kappa shape index (κ3) is 16.6.